The molecule has 1 aliphatic rings. The van der Waals surface area contributed by atoms with Crippen LogP contribution in [0.5, 0.6) is 0 Å². The summed E-state index contributed by atoms with van der Waals surface area (Å²) in [6.07, 6.45) is 1.10. The Labute approximate surface area is 135 Å². The first-order chi connectivity index (χ1) is 10.3. The van der Waals surface area contributed by atoms with Crippen LogP contribution < -0.4 is 5.32 Å². The summed E-state index contributed by atoms with van der Waals surface area (Å²) in [4.78, 5) is 2.55. The van der Waals surface area contributed by atoms with Crippen LogP contribution in [0.1, 0.15) is 11.1 Å². The molecule has 0 aromatic heterocycles. The first-order valence-electron chi connectivity index (χ1n) is 7.54. The molecule has 0 saturated carbocycles. The van der Waals surface area contributed by atoms with Gasteiger partial charge in [-0.05, 0) is 23.6 Å². The first kappa shape index (κ1) is 14.8. The summed E-state index contributed by atoms with van der Waals surface area (Å²) in [6, 6.07) is 19.8. The number of hydrogen-bond donors (Lipinski definition) is 1. The molecule has 3 rings (SSSR count). The van der Waals surface area contributed by atoms with E-state index in [-0.39, 0.29) is 0 Å². The summed E-state index contributed by atoms with van der Waals surface area (Å²) in [5.74, 6) is 0. The second-order valence-corrected chi connectivity index (χ2v) is 6.52. The number of nitrogens with zero attached hydrogens (tertiary/aromatic N) is 1. The molecule has 110 valence electrons. The summed E-state index contributed by atoms with van der Waals surface area (Å²) < 4.78 is 1.21. The van der Waals surface area contributed by atoms with Crippen molar-refractivity contribution >= 4 is 15.9 Å². The Morgan fingerprint density at radius 1 is 1.05 bits per heavy atom. The lowest BCUT2D eigenvalue weighted by Crippen LogP contribution is -2.51. The minimum absolute atomic E-state index is 0.545. The topological polar surface area (TPSA) is 15.3 Å². The quantitative estimate of drug-likeness (QED) is 0.913. The molecule has 0 spiro atoms. The molecule has 1 unspecified atom stereocenters. The van der Waals surface area contributed by atoms with Gasteiger partial charge in [0.05, 0.1) is 0 Å². The minimum atomic E-state index is 0.545. The molecule has 1 fully saturated rings. The normalized spacial score (nSPS) is 19.6. The molecule has 1 saturated heterocycles. The second kappa shape index (κ2) is 7.21. The lowest BCUT2D eigenvalue weighted by molar-refractivity contribution is 0.191. The lowest BCUT2D eigenvalue weighted by Gasteiger charge is -2.34. The van der Waals surface area contributed by atoms with Crippen molar-refractivity contribution in [2.24, 2.45) is 0 Å². The molecule has 21 heavy (non-hydrogen) atoms. The van der Waals surface area contributed by atoms with Crippen LogP contribution in [0.25, 0.3) is 0 Å². The van der Waals surface area contributed by atoms with Gasteiger partial charge in [0.25, 0.3) is 0 Å². The predicted molar refractivity (Wildman–Crippen MR) is 91.4 cm³/mol. The van der Waals surface area contributed by atoms with Crippen LogP contribution in [-0.2, 0) is 13.0 Å². The van der Waals surface area contributed by atoms with E-state index in [0.29, 0.717) is 6.04 Å². The smallest absolute Gasteiger partial charge is 0.0246 e. The maximum absolute atomic E-state index is 3.65. The van der Waals surface area contributed by atoms with Gasteiger partial charge in [0, 0.05) is 36.7 Å². The first-order valence-corrected chi connectivity index (χ1v) is 8.33. The molecule has 2 aromatic rings. The molecule has 1 aliphatic heterocycles. The number of hydrogen-bond acceptors (Lipinski definition) is 2. The van der Waals surface area contributed by atoms with E-state index in [1.807, 2.05) is 0 Å². The molecule has 0 bridgehead atoms. The zero-order valence-electron chi connectivity index (χ0n) is 12.1. The average Bonchev–Trinajstić information content (AvgIpc) is 2.51. The number of nitrogens with one attached hydrogen (secondary N) is 1. The summed E-state index contributed by atoms with van der Waals surface area (Å²) in [6.45, 7) is 4.32. The van der Waals surface area contributed by atoms with Crippen LogP contribution in [0.2, 0.25) is 0 Å². The Bertz CT molecular complexity index is 570. The van der Waals surface area contributed by atoms with Gasteiger partial charge in [-0.25, -0.2) is 0 Å². The van der Waals surface area contributed by atoms with Gasteiger partial charge in [0.2, 0.25) is 0 Å². The fourth-order valence-electron chi connectivity index (χ4n) is 2.94. The summed E-state index contributed by atoms with van der Waals surface area (Å²) >= 11 is 3.65. The van der Waals surface area contributed by atoms with E-state index in [0.717, 1.165) is 32.6 Å². The maximum Gasteiger partial charge on any atom is 0.0246 e. The van der Waals surface area contributed by atoms with Crippen LogP contribution in [0.4, 0.5) is 0 Å². The van der Waals surface area contributed by atoms with Gasteiger partial charge in [-0.15, -0.1) is 0 Å². The Kier molecular flexibility index (Phi) is 5.07. The zero-order valence-corrected chi connectivity index (χ0v) is 13.7. The summed E-state index contributed by atoms with van der Waals surface area (Å²) in [5.41, 5.74) is 2.79. The second-order valence-electron chi connectivity index (χ2n) is 5.67. The molecule has 1 atom stereocenters. The van der Waals surface area contributed by atoms with Crippen LogP contribution in [0, 0.1) is 0 Å². The highest BCUT2D eigenvalue weighted by Gasteiger charge is 2.19. The predicted octanol–water partition coefficient (Wildman–Crippen LogP) is 3.47. The Morgan fingerprint density at radius 2 is 1.81 bits per heavy atom. The maximum atomic E-state index is 3.65. The zero-order chi connectivity index (χ0) is 14.5. The van der Waals surface area contributed by atoms with Crippen LogP contribution in [-0.4, -0.2) is 30.6 Å². The third-order valence-corrected chi connectivity index (χ3v) is 4.79. The van der Waals surface area contributed by atoms with Gasteiger partial charge >= 0.3 is 0 Å². The Hall–Kier alpha value is -1.16. The molecule has 1 N–H and O–H groups in total. The third kappa shape index (κ3) is 4.16. The van der Waals surface area contributed by atoms with Crippen molar-refractivity contribution in [2.75, 3.05) is 19.6 Å². The minimum Gasteiger partial charge on any atom is -0.311 e. The molecular formula is C18H21BrN2. The average molecular weight is 345 g/mol. The number of halogens is 1. The lowest BCUT2D eigenvalue weighted by atomic mass is 10.0. The highest BCUT2D eigenvalue weighted by molar-refractivity contribution is 9.10. The molecule has 2 aromatic carbocycles. The van der Waals surface area contributed by atoms with Crippen molar-refractivity contribution in [3.63, 3.8) is 0 Å². The van der Waals surface area contributed by atoms with Crippen molar-refractivity contribution in [2.45, 2.75) is 19.0 Å². The SMILES string of the molecule is Brc1ccccc1CN1CCNC(Cc2ccccc2)C1. The number of piperazine rings is 1. The van der Waals surface area contributed by atoms with Gasteiger partial charge in [0.1, 0.15) is 0 Å². The molecule has 2 nitrogen and oxygen atoms in total. The van der Waals surface area contributed by atoms with Crippen LogP contribution in [0.3, 0.4) is 0 Å². The molecule has 0 aliphatic carbocycles. The Balaban J connectivity index is 1.60. The number of benzene rings is 2. The largest absolute Gasteiger partial charge is 0.311 e. The molecule has 1 heterocycles. The fourth-order valence-corrected chi connectivity index (χ4v) is 3.35. The monoisotopic (exact) mass is 344 g/mol. The van der Waals surface area contributed by atoms with Gasteiger partial charge in [-0.2, -0.15) is 0 Å². The van der Waals surface area contributed by atoms with Crippen LogP contribution >= 0.6 is 15.9 Å². The molecule has 3 heteroatoms. The highest BCUT2D eigenvalue weighted by Crippen LogP contribution is 2.19. The molecule has 0 radical (unpaired) electrons. The van der Waals surface area contributed by atoms with E-state index in [4.69, 9.17) is 0 Å². The molecule has 0 amide bonds. The van der Waals surface area contributed by atoms with Crippen molar-refractivity contribution in [1.82, 2.24) is 10.2 Å². The van der Waals surface area contributed by atoms with Gasteiger partial charge < -0.3 is 5.32 Å². The van der Waals surface area contributed by atoms with E-state index < -0.39 is 0 Å². The third-order valence-electron chi connectivity index (χ3n) is 4.02. The van der Waals surface area contributed by atoms with Crippen molar-refractivity contribution in [3.8, 4) is 0 Å². The van der Waals surface area contributed by atoms with E-state index in [9.17, 15) is 0 Å². The van der Waals surface area contributed by atoms with Gasteiger partial charge in [-0.1, -0.05) is 64.5 Å². The Morgan fingerprint density at radius 3 is 2.62 bits per heavy atom. The van der Waals surface area contributed by atoms with Crippen molar-refractivity contribution in [3.05, 3.63) is 70.2 Å². The fraction of sp³-hybridized carbons (Fsp3) is 0.333. The van der Waals surface area contributed by atoms with Crippen LogP contribution in [0.15, 0.2) is 59.1 Å². The van der Waals surface area contributed by atoms with E-state index in [2.05, 4.69) is 80.7 Å². The van der Waals surface area contributed by atoms with E-state index in [1.54, 1.807) is 0 Å². The summed E-state index contributed by atoms with van der Waals surface area (Å²) in [5, 5.41) is 3.64. The van der Waals surface area contributed by atoms with Crippen molar-refractivity contribution in [1.29, 1.82) is 0 Å². The van der Waals surface area contributed by atoms with Gasteiger partial charge in [0.15, 0.2) is 0 Å². The summed E-state index contributed by atoms with van der Waals surface area (Å²) in [7, 11) is 0. The standard InChI is InChI=1S/C18H21BrN2/c19-18-9-5-4-8-16(18)13-21-11-10-20-17(14-21)12-15-6-2-1-3-7-15/h1-9,17,20H,10-14H2. The molecular weight excluding hydrogens is 324 g/mol. The highest BCUT2D eigenvalue weighted by atomic mass is 79.9. The van der Waals surface area contributed by atoms with E-state index in [1.165, 1.54) is 15.6 Å². The van der Waals surface area contributed by atoms with E-state index >= 15 is 0 Å². The van der Waals surface area contributed by atoms with Crippen molar-refractivity contribution < 1.29 is 0 Å². The van der Waals surface area contributed by atoms with Gasteiger partial charge in [-0.3, -0.25) is 4.90 Å². The number of rotatable bonds is 4.